The number of nitrogens with zero attached hydrogens (tertiary/aromatic N) is 1. The number of benzene rings is 2. The molecule has 1 aliphatic heterocycles. The maximum absolute atomic E-state index is 12.7. The van der Waals surface area contributed by atoms with E-state index in [9.17, 15) is 18.0 Å². The predicted molar refractivity (Wildman–Crippen MR) is 121 cm³/mol. The van der Waals surface area contributed by atoms with E-state index in [0.717, 1.165) is 24.7 Å². The fraction of sp³-hybridized carbons (Fsp3) is 0.417. The van der Waals surface area contributed by atoms with Gasteiger partial charge < -0.3 is 15.0 Å². The van der Waals surface area contributed by atoms with Crippen LogP contribution in [-0.2, 0) is 26.0 Å². The molecular formula is C24H28N2O5S. The summed E-state index contributed by atoms with van der Waals surface area (Å²) in [6.07, 6.45) is 2.63. The summed E-state index contributed by atoms with van der Waals surface area (Å²) in [5.41, 5.74) is 2.13. The maximum atomic E-state index is 12.7. The number of alkyl carbamates (subject to hydrolysis) is 1. The molecule has 32 heavy (non-hydrogen) atoms. The highest BCUT2D eigenvalue weighted by atomic mass is 32.2. The van der Waals surface area contributed by atoms with Crippen molar-refractivity contribution in [2.24, 2.45) is 11.8 Å². The zero-order valence-electron chi connectivity index (χ0n) is 18.4. The van der Waals surface area contributed by atoms with Crippen molar-refractivity contribution in [1.82, 2.24) is 5.32 Å². The number of anilines is 1. The second-order valence-corrected chi connectivity index (χ2v) is 10.8. The molecule has 2 aliphatic rings. The number of carbonyl (C=O) groups excluding carboxylic acids is 2. The van der Waals surface area contributed by atoms with E-state index in [2.05, 4.69) is 5.32 Å². The fourth-order valence-electron chi connectivity index (χ4n) is 4.67. The Hall–Kier alpha value is -2.87. The fourth-order valence-corrected chi connectivity index (χ4v) is 5.32. The Morgan fingerprint density at radius 1 is 1.12 bits per heavy atom. The quantitative estimate of drug-likeness (QED) is 0.738. The number of amides is 2. The summed E-state index contributed by atoms with van der Waals surface area (Å²) >= 11 is 0. The van der Waals surface area contributed by atoms with Crippen LogP contribution in [0, 0.1) is 11.8 Å². The van der Waals surface area contributed by atoms with Crippen LogP contribution in [0.15, 0.2) is 53.4 Å². The van der Waals surface area contributed by atoms with Gasteiger partial charge in [0.05, 0.1) is 10.9 Å². The maximum Gasteiger partial charge on any atom is 0.407 e. The first-order chi connectivity index (χ1) is 15.2. The monoisotopic (exact) mass is 456 g/mol. The Morgan fingerprint density at radius 3 is 2.41 bits per heavy atom. The van der Waals surface area contributed by atoms with Crippen molar-refractivity contribution in [3.8, 4) is 0 Å². The summed E-state index contributed by atoms with van der Waals surface area (Å²) in [6.45, 7) is 3.66. The van der Waals surface area contributed by atoms with Gasteiger partial charge in [-0.1, -0.05) is 37.3 Å². The molecule has 1 fully saturated rings. The minimum Gasteiger partial charge on any atom is -0.445 e. The molecule has 0 radical (unpaired) electrons. The first-order valence-electron chi connectivity index (χ1n) is 10.8. The second kappa shape index (κ2) is 8.58. The lowest BCUT2D eigenvalue weighted by atomic mass is 9.80. The molecule has 1 N–H and O–H groups in total. The van der Waals surface area contributed by atoms with Gasteiger partial charge in [-0.05, 0) is 48.1 Å². The number of hydrogen-bond donors (Lipinski definition) is 1. The molecule has 1 unspecified atom stereocenters. The van der Waals surface area contributed by atoms with Gasteiger partial charge in [-0.25, -0.2) is 13.2 Å². The van der Waals surface area contributed by atoms with Crippen LogP contribution in [0.3, 0.4) is 0 Å². The van der Waals surface area contributed by atoms with Crippen LogP contribution in [0.5, 0.6) is 0 Å². The molecule has 1 heterocycles. The van der Waals surface area contributed by atoms with Crippen LogP contribution in [0.4, 0.5) is 10.5 Å². The van der Waals surface area contributed by atoms with Crippen LogP contribution in [0.2, 0.25) is 0 Å². The molecule has 1 saturated carbocycles. The van der Waals surface area contributed by atoms with E-state index in [1.807, 2.05) is 37.3 Å². The summed E-state index contributed by atoms with van der Waals surface area (Å²) in [6, 6.07) is 13.6. The Labute approximate surface area is 188 Å². The lowest BCUT2D eigenvalue weighted by molar-refractivity contribution is -0.117. The van der Waals surface area contributed by atoms with Crippen molar-refractivity contribution in [2.75, 3.05) is 11.2 Å². The summed E-state index contributed by atoms with van der Waals surface area (Å²) < 4.78 is 29.8. The molecule has 2 aromatic rings. The Bertz CT molecular complexity index is 1130. The highest BCUT2D eigenvalue weighted by molar-refractivity contribution is 7.90. The number of hydrogen-bond acceptors (Lipinski definition) is 5. The van der Waals surface area contributed by atoms with Crippen LogP contribution < -0.4 is 10.2 Å². The average Bonchev–Trinajstić information content (AvgIpc) is 3.58. The van der Waals surface area contributed by atoms with Crippen LogP contribution in [-0.4, -0.2) is 32.7 Å². The molecular weight excluding hydrogens is 428 g/mol. The van der Waals surface area contributed by atoms with Crippen molar-refractivity contribution in [2.45, 2.75) is 50.3 Å². The standard InChI is InChI=1S/C24H28N2O5S/c1-15-22(25-24(28)31-14-17-7-5-4-6-8-17)20-13-19(32(3,29)30)11-12-21(20)26(16(2)27)23(15)18-9-10-18/h4-8,11-13,15,18,22-23H,9-10,14H2,1-3H3,(H,25,28)/t15?,22-,23-/m1/s1. The van der Waals surface area contributed by atoms with Crippen LogP contribution in [0.25, 0.3) is 0 Å². The van der Waals surface area contributed by atoms with Crippen molar-refractivity contribution in [3.05, 3.63) is 59.7 Å². The zero-order chi connectivity index (χ0) is 23.0. The molecule has 7 nitrogen and oxygen atoms in total. The van der Waals surface area contributed by atoms with E-state index in [1.54, 1.807) is 17.0 Å². The molecule has 8 heteroatoms. The van der Waals surface area contributed by atoms with Gasteiger partial charge in [-0.15, -0.1) is 0 Å². The van der Waals surface area contributed by atoms with Gasteiger partial charge in [0.1, 0.15) is 6.61 Å². The van der Waals surface area contributed by atoms with Crippen molar-refractivity contribution in [1.29, 1.82) is 0 Å². The van der Waals surface area contributed by atoms with E-state index in [4.69, 9.17) is 4.74 Å². The molecule has 2 amide bonds. The van der Waals surface area contributed by atoms with E-state index in [0.29, 0.717) is 17.2 Å². The number of ether oxygens (including phenoxy) is 1. The van der Waals surface area contributed by atoms with Gasteiger partial charge >= 0.3 is 6.09 Å². The first-order valence-corrected chi connectivity index (χ1v) is 12.7. The van der Waals surface area contributed by atoms with Gasteiger partial charge in [-0.2, -0.15) is 0 Å². The highest BCUT2D eigenvalue weighted by Crippen LogP contribution is 2.49. The van der Waals surface area contributed by atoms with Gasteiger partial charge in [-0.3, -0.25) is 4.79 Å². The SMILES string of the molecule is CC(=O)N1c2ccc(S(C)(=O)=O)cc2[C@H](NC(=O)OCc2ccccc2)C(C)[C@@H]1C1CC1. The number of rotatable bonds is 5. The van der Waals surface area contributed by atoms with Gasteiger partial charge in [0, 0.05) is 30.8 Å². The lowest BCUT2D eigenvalue weighted by Crippen LogP contribution is -2.53. The zero-order valence-corrected chi connectivity index (χ0v) is 19.3. The van der Waals surface area contributed by atoms with Gasteiger partial charge in [0.25, 0.3) is 0 Å². The summed E-state index contributed by atoms with van der Waals surface area (Å²) in [5.74, 6) is 0.159. The molecule has 4 rings (SSSR count). The number of sulfone groups is 1. The predicted octanol–water partition coefficient (Wildman–Crippen LogP) is 3.84. The van der Waals surface area contributed by atoms with Crippen LogP contribution in [0.1, 0.15) is 43.9 Å². The van der Waals surface area contributed by atoms with E-state index in [1.165, 1.54) is 13.0 Å². The topological polar surface area (TPSA) is 92.8 Å². The molecule has 0 saturated heterocycles. The van der Waals surface area contributed by atoms with Crippen molar-refractivity contribution >= 4 is 27.5 Å². The minimum atomic E-state index is -3.45. The van der Waals surface area contributed by atoms with E-state index in [-0.39, 0.29) is 29.4 Å². The second-order valence-electron chi connectivity index (χ2n) is 8.75. The van der Waals surface area contributed by atoms with Crippen LogP contribution >= 0.6 is 0 Å². The van der Waals surface area contributed by atoms with E-state index >= 15 is 0 Å². The third-order valence-electron chi connectivity index (χ3n) is 6.31. The summed E-state index contributed by atoms with van der Waals surface area (Å²) in [5, 5.41) is 2.95. The largest absolute Gasteiger partial charge is 0.445 e. The normalized spacial score (nSPS) is 22.7. The number of fused-ring (bicyclic) bond motifs is 1. The minimum absolute atomic E-state index is 0.0662. The lowest BCUT2D eigenvalue weighted by Gasteiger charge is -2.45. The molecule has 0 aromatic heterocycles. The Kier molecular flexibility index (Phi) is 5.99. The molecule has 170 valence electrons. The Balaban J connectivity index is 1.67. The summed E-state index contributed by atoms with van der Waals surface area (Å²) in [4.78, 5) is 27.2. The number of nitrogens with one attached hydrogen (secondary N) is 1. The van der Waals surface area contributed by atoms with Crippen molar-refractivity contribution in [3.63, 3.8) is 0 Å². The van der Waals surface area contributed by atoms with Gasteiger partial charge in [0.15, 0.2) is 9.84 Å². The highest BCUT2D eigenvalue weighted by Gasteiger charge is 2.48. The Morgan fingerprint density at radius 2 is 1.81 bits per heavy atom. The average molecular weight is 457 g/mol. The van der Waals surface area contributed by atoms with Gasteiger partial charge in [0.2, 0.25) is 5.91 Å². The number of carbonyl (C=O) groups is 2. The molecule has 2 aromatic carbocycles. The van der Waals surface area contributed by atoms with Crippen molar-refractivity contribution < 1.29 is 22.7 Å². The third kappa shape index (κ3) is 4.50. The molecule has 3 atom stereocenters. The smallest absolute Gasteiger partial charge is 0.407 e. The molecule has 0 spiro atoms. The third-order valence-corrected chi connectivity index (χ3v) is 7.42. The first kappa shape index (κ1) is 22.3. The summed E-state index contributed by atoms with van der Waals surface area (Å²) in [7, 11) is -3.45. The van der Waals surface area contributed by atoms with E-state index < -0.39 is 22.0 Å². The molecule has 1 aliphatic carbocycles. The molecule has 0 bridgehead atoms.